The van der Waals surface area contributed by atoms with Crippen LogP contribution < -0.4 is 5.32 Å². The molecule has 2 rings (SSSR count). The lowest BCUT2D eigenvalue weighted by Crippen LogP contribution is -2.43. The summed E-state index contributed by atoms with van der Waals surface area (Å²) in [6, 6.07) is 10.6. The van der Waals surface area contributed by atoms with Gasteiger partial charge >= 0.3 is 0 Å². The minimum Gasteiger partial charge on any atom is -0.351 e. The van der Waals surface area contributed by atoms with Gasteiger partial charge in [0, 0.05) is 11.8 Å². The first kappa shape index (κ1) is 9.59. The highest BCUT2D eigenvalue weighted by Crippen LogP contribution is 2.12. The van der Waals surface area contributed by atoms with Crippen LogP contribution in [-0.2, 0) is 11.2 Å². The Bertz CT molecular complexity index is 312. The Morgan fingerprint density at radius 3 is 2.86 bits per heavy atom. The van der Waals surface area contributed by atoms with Crippen LogP contribution in [-0.4, -0.2) is 23.5 Å². The molecule has 0 unspecified atom stereocenters. The van der Waals surface area contributed by atoms with Crippen LogP contribution in [0.15, 0.2) is 30.3 Å². The highest BCUT2D eigenvalue weighted by Gasteiger charge is 2.18. The minimum atomic E-state index is 0.169. The number of nitrogens with one attached hydrogen (secondary N) is 1. The SMILES string of the molecule is O=C1CSC[C@H](Cc2ccccc2)N1. The number of hydrogen-bond donors (Lipinski definition) is 1. The molecule has 0 bridgehead atoms. The fourth-order valence-corrected chi connectivity index (χ4v) is 2.49. The molecule has 1 atom stereocenters. The molecule has 1 aliphatic heterocycles. The molecule has 0 aliphatic carbocycles. The molecular weight excluding hydrogens is 194 g/mol. The van der Waals surface area contributed by atoms with Gasteiger partial charge in [0.1, 0.15) is 0 Å². The second kappa shape index (κ2) is 4.51. The number of carbonyl (C=O) groups is 1. The summed E-state index contributed by atoms with van der Waals surface area (Å²) in [7, 11) is 0. The van der Waals surface area contributed by atoms with Crippen molar-refractivity contribution in [3.63, 3.8) is 0 Å². The topological polar surface area (TPSA) is 29.1 Å². The van der Waals surface area contributed by atoms with Gasteiger partial charge in [-0.1, -0.05) is 30.3 Å². The van der Waals surface area contributed by atoms with Crippen LogP contribution in [0.25, 0.3) is 0 Å². The number of thioether (sulfide) groups is 1. The summed E-state index contributed by atoms with van der Waals surface area (Å²) in [4.78, 5) is 11.1. The number of hydrogen-bond acceptors (Lipinski definition) is 2. The maximum atomic E-state index is 11.1. The van der Waals surface area contributed by atoms with E-state index in [4.69, 9.17) is 0 Å². The maximum absolute atomic E-state index is 11.1. The van der Waals surface area contributed by atoms with E-state index in [0.29, 0.717) is 11.8 Å². The first-order chi connectivity index (χ1) is 6.84. The fourth-order valence-electron chi connectivity index (χ4n) is 1.61. The van der Waals surface area contributed by atoms with Crippen molar-refractivity contribution in [2.24, 2.45) is 0 Å². The summed E-state index contributed by atoms with van der Waals surface area (Å²) in [5.74, 6) is 1.81. The van der Waals surface area contributed by atoms with Crippen molar-refractivity contribution < 1.29 is 4.79 Å². The monoisotopic (exact) mass is 207 g/mol. The van der Waals surface area contributed by atoms with Gasteiger partial charge in [-0.15, -0.1) is 11.8 Å². The summed E-state index contributed by atoms with van der Waals surface area (Å²) in [5.41, 5.74) is 1.29. The van der Waals surface area contributed by atoms with E-state index in [1.165, 1.54) is 5.56 Å². The zero-order valence-corrected chi connectivity index (χ0v) is 8.72. The molecule has 0 saturated carbocycles. The Morgan fingerprint density at radius 2 is 2.14 bits per heavy atom. The van der Waals surface area contributed by atoms with Crippen LogP contribution >= 0.6 is 11.8 Å². The summed E-state index contributed by atoms with van der Waals surface area (Å²) in [6.45, 7) is 0. The van der Waals surface area contributed by atoms with E-state index < -0.39 is 0 Å². The number of amides is 1. The average molecular weight is 207 g/mol. The number of rotatable bonds is 2. The van der Waals surface area contributed by atoms with E-state index >= 15 is 0 Å². The van der Waals surface area contributed by atoms with Crippen molar-refractivity contribution in [3.05, 3.63) is 35.9 Å². The van der Waals surface area contributed by atoms with Crippen LogP contribution in [0.1, 0.15) is 5.56 Å². The van der Waals surface area contributed by atoms with Crippen molar-refractivity contribution >= 4 is 17.7 Å². The van der Waals surface area contributed by atoms with Crippen LogP contribution in [0, 0.1) is 0 Å². The van der Waals surface area contributed by atoms with Crippen molar-refractivity contribution in [1.82, 2.24) is 5.32 Å². The zero-order valence-electron chi connectivity index (χ0n) is 7.90. The molecule has 1 aliphatic rings. The lowest BCUT2D eigenvalue weighted by molar-refractivity contribution is -0.119. The van der Waals surface area contributed by atoms with Crippen LogP contribution in [0.3, 0.4) is 0 Å². The highest BCUT2D eigenvalue weighted by molar-refractivity contribution is 8.00. The second-order valence-corrected chi connectivity index (χ2v) is 4.50. The number of benzene rings is 1. The second-order valence-electron chi connectivity index (χ2n) is 3.47. The van der Waals surface area contributed by atoms with Crippen molar-refractivity contribution in [3.8, 4) is 0 Å². The third-order valence-electron chi connectivity index (χ3n) is 2.24. The molecule has 1 N–H and O–H groups in total. The van der Waals surface area contributed by atoms with Gasteiger partial charge in [-0.25, -0.2) is 0 Å². The van der Waals surface area contributed by atoms with Crippen molar-refractivity contribution in [1.29, 1.82) is 0 Å². The average Bonchev–Trinajstić information content (AvgIpc) is 2.19. The van der Waals surface area contributed by atoms with Crippen molar-refractivity contribution in [2.45, 2.75) is 12.5 Å². The normalized spacial score (nSPS) is 21.7. The summed E-state index contributed by atoms with van der Waals surface area (Å²) in [6.07, 6.45) is 0.944. The van der Waals surface area contributed by atoms with E-state index in [1.54, 1.807) is 11.8 Å². The molecular formula is C11H13NOS. The molecule has 0 spiro atoms. The maximum Gasteiger partial charge on any atom is 0.230 e. The molecule has 14 heavy (non-hydrogen) atoms. The number of carbonyl (C=O) groups excluding carboxylic acids is 1. The zero-order chi connectivity index (χ0) is 9.80. The lowest BCUT2D eigenvalue weighted by Gasteiger charge is -2.22. The van der Waals surface area contributed by atoms with E-state index in [9.17, 15) is 4.79 Å². The molecule has 1 amide bonds. The smallest absolute Gasteiger partial charge is 0.230 e. The largest absolute Gasteiger partial charge is 0.351 e. The Kier molecular flexibility index (Phi) is 3.09. The molecule has 0 aromatic heterocycles. The van der Waals surface area contributed by atoms with Crippen LogP contribution in [0.2, 0.25) is 0 Å². The van der Waals surface area contributed by atoms with E-state index in [-0.39, 0.29) is 5.91 Å². The molecule has 3 heteroatoms. The predicted octanol–water partition coefficient (Wildman–Crippen LogP) is 1.46. The van der Waals surface area contributed by atoms with Gasteiger partial charge in [-0.05, 0) is 12.0 Å². The summed E-state index contributed by atoms with van der Waals surface area (Å²) < 4.78 is 0. The quantitative estimate of drug-likeness (QED) is 0.795. The van der Waals surface area contributed by atoms with Crippen LogP contribution in [0.5, 0.6) is 0 Å². The molecule has 2 nitrogen and oxygen atoms in total. The Hall–Kier alpha value is -0.960. The molecule has 74 valence electrons. The Morgan fingerprint density at radius 1 is 1.36 bits per heavy atom. The third kappa shape index (κ3) is 2.51. The van der Waals surface area contributed by atoms with E-state index in [2.05, 4.69) is 17.4 Å². The third-order valence-corrected chi connectivity index (χ3v) is 3.35. The molecule has 0 radical (unpaired) electrons. The minimum absolute atomic E-state index is 0.169. The molecule has 1 fully saturated rings. The summed E-state index contributed by atoms with van der Waals surface area (Å²) >= 11 is 1.72. The highest BCUT2D eigenvalue weighted by atomic mass is 32.2. The van der Waals surface area contributed by atoms with Gasteiger partial charge in [-0.2, -0.15) is 0 Å². The lowest BCUT2D eigenvalue weighted by atomic mass is 10.1. The van der Waals surface area contributed by atoms with E-state index in [0.717, 1.165) is 12.2 Å². The Balaban J connectivity index is 1.94. The Labute approximate surface area is 88.1 Å². The standard InChI is InChI=1S/C11H13NOS/c13-11-8-14-7-10(12-11)6-9-4-2-1-3-5-9/h1-5,10H,6-8H2,(H,12,13)/t10-/m0/s1. The first-order valence-electron chi connectivity index (χ1n) is 4.75. The molecule has 1 aromatic rings. The van der Waals surface area contributed by atoms with Gasteiger partial charge in [0.25, 0.3) is 0 Å². The van der Waals surface area contributed by atoms with Gasteiger partial charge in [0.05, 0.1) is 5.75 Å². The molecule has 1 aromatic carbocycles. The fraction of sp³-hybridized carbons (Fsp3) is 0.364. The van der Waals surface area contributed by atoms with Crippen LogP contribution in [0.4, 0.5) is 0 Å². The van der Waals surface area contributed by atoms with Gasteiger partial charge in [0.2, 0.25) is 5.91 Å². The predicted molar refractivity (Wildman–Crippen MR) is 59.4 cm³/mol. The summed E-state index contributed by atoms with van der Waals surface area (Å²) in [5, 5.41) is 3.01. The molecule has 1 heterocycles. The molecule has 1 saturated heterocycles. The van der Waals surface area contributed by atoms with Crippen molar-refractivity contribution in [2.75, 3.05) is 11.5 Å². The van der Waals surface area contributed by atoms with Gasteiger partial charge < -0.3 is 5.32 Å². The van der Waals surface area contributed by atoms with Gasteiger partial charge in [-0.3, -0.25) is 4.79 Å². The van der Waals surface area contributed by atoms with E-state index in [1.807, 2.05) is 18.2 Å². The van der Waals surface area contributed by atoms with Gasteiger partial charge in [0.15, 0.2) is 0 Å². The first-order valence-corrected chi connectivity index (χ1v) is 5.91.